The van der Waals surface area contributed by atoms with Gasteiger partial charge in [-0.25, -0.2) is 0 Å². The minimum Gasteiger partial charge on any atom is -0.351 e. The molecule has 2 N–H and O–H groups in total. The number of hydrogen-bond acceptors (Lipinski definition) is 2. The van der Waals surface area contributed by atoms with E-state index in [-0.39, 0.29) is 17.7 Å². The normalized spacial score (nSPS) is 11.3. The Labute approximate surface area is 156 Å². The lowest BCUT2D eigenvalue weighted by Gasteiger charge is -2.24. The maximum Gasteiger partial charge on any atom is 0.239 e. The van der Waals surface area contributed by atoms with Crippen LogP contribution in [0.4, 0.5) is 5.69 Å². The van der Waals surface area contributed by atoms with E-state index in [1.165, 1.54) is 5.56 Å². The van der Waals surface area contributed by atoms with E-state index in [0.29, 0.717) is 6.54 Å². The van der Waals surface area contributed by atoms with E-state index in [9.17, 15) is 9.59 Å². The van der Waals surface area contributed by atoms with Crippen molar-refractivity contribution in [3.8, 4) is 0 Å². The van der Waals surface area contributed by atoms with Crippen molar-refractivity contribution in [3.63, 3.8) is 0 Å². The first-order valence-corrected chi connectivity index (χ1v) is 8.96. The molecule has 4 nitrogen and oxygen atoms in total. The van der Waals surface area contributed by atoms with Gasteiger partial charge < -0.3 is 10.6 Å². The standard InChI is InChI=1S/C22H28N2O2/c1-15(2)18-8-6-7-9-19(18)24-21(26)22(4,5)20(25)23-14-17-12-10-16(3)11-13-17/h6-13,15H,14H2,1-5H3,(H,23,25)(H,24,26). The first-order valence-electron chi connectivity index (χ1n) is 8.96. The Balaban J connectivity index is 2.04. The summed E-state index contributed by atoms with van der Waals surface area (Å²) in [4.78, 5) is 25.3. The number of anilines is 1. The molecule has 0 aliphatic rings. The number of aryl methyl sites for hydroxylation is 1. The Morgan fingerprint density at radius 1 is 0.962 bits per heavy atom. The molecule has 4 heteroatoms. The summed E-state index contributed by atoms with van der Waals surface area (Å²) in [5, 5.41) is 5.78. The predicted octanol–water partition coefficient (Wildman–Crippen LogP) is 4.40. The number of amides is 2. The Bertz CT molecular complexity index is 777. The van der Waals surface area contributed by atoms with Gasteiger partial charge in [0, 0.05) is 12.2 Å². The van der Waals surface area contributed by atoms with Gasteiger partial charge in [-0.05, 0) is 43.9 Å². The fourth-order valence-corrected chi connectivity index (χ4v) is 2.61. The molecule has 138 valence electrons. The minimum absolute atomic E-state index is 0.282. The molecule has 0 saturated heterocycles. The molecule has 0 aromatic heterocycles. The second-order valence-electron chi connectivity index (χ2n) is 7.49. The van der Waals surface area contributed by atoms with Crippen LogP contribution in [0.15, 0.2) is 48.5 Å². The van der Waals surface area contributed by atoms with Crippen LogP contribution in [0.2, 0.25) is 0 Å². The van der Waals surface area contributed by atoms with Crippen molar-refractivity contribution in [3.05, 3.63) is 65.2 Å². The molecular weight excluding hydrogens is 324 g/mol. The van der Waals surface area contributed by atoms with E-state index >= 15 is 0 Å². The van der Waals surface area contributed by atoms with Gasteiger partial charge in [0.05, 0.1) is 0 Å². The van der Waals surface area contributed by atoms with Gasteiger partial charge in [0.1, 0.15) is 5.41 Å². The highest BCUT2D eigenvalue weighted by Gasteiger charge is 2.36. The van der Waals surface area contributed by atoms with Crippen molar-refractivity contribution in [1.29, 1.82) is 0 Å². The predicted molar refractivity (Wildman–Crippen MR) is 106 cm³/mol. The number of hydrogen-bond donors (Lipinski definition) is 2. The molecule has 0 radical (unpaired) electrons. The summed E-state index contributed by atoms with van der Waals surface area (Å²) in [5.41, 5.74) is 2.81. The summed E-state index contributed by atoms with van der Waals surface area (Å²) < 4.78 is 0. The smallest absolute Gasteiger partial charge is 0.239 e. The van der Waals surface area contributed by atoms with Crippen LogP contribution < -0.4 is 10.6 Å². The molecule has 0 fully saturated rings. The zero-order chi connectivity index (χ0) is 19.3. The third-order valence-corrected chi connectivity index (χ3v) is 4.54. The molecular formula is C22H28N2O2. The summed E-state index contributed by atoms with van der Waals surface area (Å²) in [5.74, 6) is -0.324. The Hall–Kier alpha value is -2.62. The van der Waals surface area contributed by atoms with Gasteiger partial charge in [0.25, 0.3) is 0 Å². The third kappa shape index (κ3) is 4.72. The summed E-state index contributed by atoms with van der Waals surface area (Å²) >= 11 is 0. The van der Waals surface area contributed by atoms with E-state index in [2.05, 4.69) is 24.5 Å². The van der Waals surface area contributed by atoms with Crippen molar-refractivity contribution >= 4 is 17.5 Å². The van der Waals surface area contributed by atoms with Gasteiger partial charge in [-0.3, -0.25) is 9.59 Å². The van der Waals surface area contributed by atoms with Crippen molar-refractivity contribution in [2.75, 3.05) is 5.32 Å². The van der Waals surface area contributed by atoms with Crippen molar-refractivity contribution < 1.29 is 9.59 Å². The highest BCUT2D eigenvalue weighted by atomic mass is 16.2. The average molecular weight is 352 g/mol. The van der Waals surface area contributed by atoms with E-state index < -0.39 is 5.41 Å². The van der Waals surface area contributed by atoms with E-state index in [1.54, 1.807) is 13.8 Å². The molecule has 0 spiro atoms. The van der Waals surface area contributed by atoms with Crippen LogP contribution in [-0.2, 0) is 16.1 Å². The molecule has 0 saturated carbocycles. The second kappa shape index (κ2) is 8.17. The maximum atomic E-state index is 12.7. The molecule has 0 bridgehead atoms. The molecule has 2 rings (SSSR count). The van der Waals surface area contributed by atoms with Crippen LogP contribution in [0.5, 0.6) is 0 Å². The van der Waals surface area contributed by atoms with Gasteiger partial charge in [0.2, 0.25) is 11.8 Å². The van der Waals surface area contributed by atoms with Crippen molar-refractivity contribution in [2.45, 2.75) is 47.1 Å². The van der Waals surface area contributed by atoms with Crippen LogP contribution in [0.25, 0.3) is 0 Å². The second-order valence-corrected chi connectivity index (χ2v) is 7.49. The van der Waals surface area contributed by atoms with Crippen molar-refractivity contribution in [2.24, 2.45) is 5.41 Å². The summed E-state index contributed by atoms with van der Waals surface area (Å²) in [6.45, 7) is 9.85. The monoisotopic (exact) mass is 352 g/mol. The molecule has 0 unspecified atom stereocenters. The van der Waals surface area contributed by atoms with Crippen LogP contribution in [-0.4, -0.2) is 11.8 Å². The van der Waals surface area contributed by atoms with E-state index in [4.69, 9.17) is 0 Å². The van der Waals surface area contributed by atoms with Gasteiger partial charge in [-0.1, -0.05) is 61.9 Å². The maximum absolute atomic E-state index is 12.7. The summed E-state index contributed by atoms with van der Waals surface area (Å²) in [6.07, 6.45) is 0. The highest BCUT2D eigenvalue weighted by Crippen LogP contribution is 2.26. The van der Waals surface area contributed by atoms with Crippen LogP contribution >= 0.6 is 0 Å². The van der Waals surface area contributed by atoms with Crippen molar-refractivity contribution in [1.82, 2.24) is 5.32 Å². The van der Waals surface area contributed by atoms with Crippen LogP contribution in [0.1, 0.15) is 50.3 Å². The Morgan fingerprint density at radius 2 is 1.58 bits per heavy atom. The highest BCUT2D eigenvalue weighted by molar-refractivity contribution is 6.10. The molecule has 0 atom stereocenters. The summed E-state index contributed by atoms with van der Waals surface area (Å²) in [7, 11) is 0. The first kappa shape index (κ1) is 19.7. The lowest BCUT2D eigenvalue weighted by molar-refractivity contribution is -0.138. The number of carbonyl (C=O) groups excluding carboxylic acids is 2. The largest absolute Gasteiger partial charge is 0.351 e. The number of benzene rings is 2. The number of nitrogens with one attached hydrogen (secondary N) is 2. The third-order valence-electron chi connectivity index (χ3n) is 4.54. The van der Waals surface area contributed by atoms with Crippen LogP contribution in [0, 0.1) is 12.3 Å². The first-order chi connectivity index (χ1) is 12.2. The molecule has 0 aliphatic carbocycles. The lowest BCUT2D eigenvalue weighted by atomic mass is 9.90. The Kier molecular flexibility index (Phi) is 6.19. The minimum atomic E-state index is -1.17. The Morgan fingerprint density at radius 3 is 2.19 bits per heavy atom. The number of rotatable bonds is 6. The fraction of sp³-hybridized carbons (Fsp3) is 0.364. The molecule has 2 amide bonds. The lowest BCUT2D eigenvalue weighted by Crippen LogP contribution is -2.45. The van der Waals surface area contributed by atoms with Gasteiger partial charge in [-0.15, -0.1) is 0 Å². The molecule has 2 aromatic rings. The molecule has 2 aromatic carbocycles. The van der Waals surface area contributed by atoms with E-state index in [0.717, 1.165) is 16.8 Å². The quantitative estimate of drug-likeness (QED) is 0.757. The zero-order valence-electron chi connectivity index (χ0n) is 16.2. The summed E-state index contributed by atoms with van der Waals surface area (Å²) in [6, 6.07) is 15.6. The van der Waals surface area contributed by atoms with E-state index in [1.807, 2.05) is 55.5 Å². The molecule has 0 heterocycles. The topological polar surface area (TPSA) is 58.2 Å². The zero-order valence-corrected chi connectivity index (χ0v) is 16.2. The average Bonchev–Trinajstić information content (AvgIpc) is 2.61. The molecule has 0 aliphatic heterocycles. The SMILES string of the molecule is Cc1ccc(CNC(=O)C(C)(C)C(=O)Nc2ccccc2C(C)C)cc1. The fourth-order valence-electron chi connectivity index (χ4n) is 2.61. The van der Waals surface area contributed by atoms with Crippen LogP contribution in [0.3, 0.4) is 0 Å². The van der Waals surface area contributed by atoms with Gasteiger partial charge >= 0.3 is 0 Å². The van der Waals surface area contributed by atoms with Gasteiger partial charge in [0.15, 0.2) is 0 Å². The van der Waals surface area contributed by atoms with Gasteiger partial charge in [-0.2, -0.15) is 0 Å². The number of carbonyl (C=O) groups is 2. The number of para-hydroxylation sites is 1. The molecule has 26 heavy (non-hydrogen) atoms.